The molecule has 0 atom stereocenters. The number of carbonyl (C=O) groups is 1. The number of hydrogen-bond donors (Lipinski definition) is 1. The highest BCUT2D eigenvalue weighted by molar-refractivity contribution is 5.92. The molecule has 1 N–H and O–H groups in total. The second kappa shape index (κ2) is 4.83. The lowest BCUT2D eigenvalue weighted by atomic mass is 10.3. The van der Waals surface area contributed by atoms with E-state index < -0.39 is 0 Å². The molecule has 7 heteroatoms. The summed E-state index contributed by atoms with van der Waals surface area (Å²) in [6.45, 7) is 0.480. The van der Waals surface area contributed by atoms with Gasteiger partial charge in [0.2, 0.25) is 5.89 Å². The fourth-order valence-electron chi connectivity index (χ4n) is 1.82. The van der Waals surface area contributed by atoms with Crippen molar-refractivity contribution < 1.29 is 9.32 Å². The largest absolute Gasteiger partial charge is 0.350 e. The van der Waals surface area contributed by atoms with E-state index in [2.05, 4.69) is 20.4 Å². The van der Waals surface area contributed by atoms with E-state index in [1.807, 2.05) is 0 Å². The molecule has 100 valence electrons. The molecule has 3 rings (SSSR count). The lowest BCUT2D eigenvalue weighted by molar-refractivity contribution is 0.0945. The van der Waals surface area contributed by atoms with Crippen LogP contribution in [0.25, 0.3) is 0 Å². The fraction of sp³-hybridized carbons (Fsp3) is 0.500. The number of nitrogens with one attached hydrogen (secondary N) is 1. The van der Waals surface area contributed by atoms with Crippen LogP contribution >= 0.6 is 0 Å². The maximum absolute atomic E-state index is 11.8. The monoisotopic (exact) mass is 261 g/mol. The molecular weight excluding hydrogens is 246 g/mol. The van der Waals surface area contributed by atoms with Gasteiger partial charge in [0.05, 0.1) is 12.5 Å². The molecule has 19 heavy (non-hydrogen) atoms. The fourth-order valence-corrected chi connectivity index (χ4v) is 1.82. The summed E-state index contributed by atoms with van der Waals surface area (Å²) >= 11 is 0. The minimum Gasteiger partial charge on any atom is -0.350 e. The third-order valence-electron chi connectivity index (χ3n) is 3.09. The Hall–Kier alpha value is -2.18. The Balaban J connectivity index is 1.49. The van der Waals surface area contributed by atoms with Crippen LogP contribution in [0.15, 0.2) is 17.0 Å². The second-order valence-corrected chi connectivity index (χ2v) is 4.72. The van der Waals surface area contributed by atoms with E-state index >= 15 is 0 Å². The number of aryl methyl sites for hydroxylation is 1. The molecule has 0 aromatic carbocycles. The van der Waals surface area contributed by atoms with Gasteiger partial charge in [-0.25, -0.2) is 4.98 Å². The first kappa shape index (κ1) is 11.9. The Labute approximate surface area is 110 Å². The van der Waals surface area contributed by atoms with Gasteiger partial charge < -0.3 is 14.4 Å². The summed E-state index contributed by atoms with van der Waals surface area (Å²) in [6, 6.07) is 0. The second-order valence-electron chi connectivity index (χ2n) is 4.72. The van der Waals surface area contributed by atoms with Crippen molar-refractivity contribution >= 4 is 5.91 Å². The molecule has 0 spiro atoms. The Kier molecular flexibility index (Phi) is 3.02. The van der Waals surface area contributed by atoms with Gasteiger partial charge in [0.15, 0.2) is 5.82 Å². The van der Waals surface area contributed by atoms with Gasteiger partial charge in [0, 0.05) is 25.9 Å². The van der Waals surface area contributed by atoms with Gasteiger partial charge in [0.25, 0.3) is 5.91 Å². The molecular formula is C12H15N5O2. The standard InChI is InChI=1S/C12H15N5O2/c1-17-7-13-6-9(17)11(18)14-5-4-10-15-12(19-16-10)8-2-3-8/h6-8H,2-5H2,1H3,(H,14,18). The van der Waals surface area contributed by atoms with Crippen LogP contribution in [0.2, 0.25) is 0 Å². The molecule has 0 saturated heterocycles. The molecule has 1 fully saturated rings. The van der Waals surface area contributed by atoms with Crippen molar-refractivity contribution in [3.8, 4) is 0 Å². The lowest BCUT2D eigenvalue weighted by Gasteiger charge is -2.03. The highest BCUT2D eigenvalue weighted by Gasteiger charge is 2.29. The van der Waals surface area contributed by atoms with Crippen LogP contribution in [0, 0.1) is 0 Å². The molecule has 1 amide bonds. The molecule has 2 aromatic rings. The lowest BCUT2D eigenvalue weighted by Crippen LogP contribution is -2.27. The number of aromatic nitrogens is 4. The van der Waals surface area contributed by atoms with Crippen molar-refractivity contribution in [3.63, 3.8) is 0 Å². The van der Waals surface area contributed by atoms with Crippen LogP contribution in [0.5, 0.6) is 0 Å². The maximum Gasteiger partial charge on any atom is 0.269 e. The normalized spacial score (nSPS) is 14.6. The maximum atomic E-state index is 11.8. The summed E-state index contributed by atoms with van der Waals surface area (Å²) in [5.74, 6) is 1.69. The van der Waals surface area contributed by atoms with Crippen molar-refractivity contribution in [2.45, 2.75) is 25.2 Å². The number of carbonyl (C=O) groups excluding carboxylic acids is 1. The van der Waals surface area contributed by atoms with Crippen molar-refractivity contribution in [3.05, 3.63) is 29.9 Å². The van der Waals surface area contributed by atoms with Gasteiger partial charge >= 0.3 is 0 Å². The number of hydrogen-bond acceptors (Lipinski definition) is 5. The summed E-state index contributed by atoms with van der Waals surface area (Å²) in [7, 11) is 1.78. The highest BCUT2D eigenvalue weighted by Crippen LogP contribution is 2.38. The average molecular weight is 261 g/mol. The summed E-state index contributed by atoms with van der Waals surface area (Å²) in [6.07, 6.45) is 5.97. The van der Waals surface area contributed by atoms with Gasteiger partial charge in [-0.2, -0.15) is 4.98 Å². The van der Waals surface area contributed by atoms with Crippen molar-refractivity contribution in [2.75, 3.05) is 6.54 Å². The van der Waals surface area contributed by atoms with Crippen molar-refractivity contribution in [1.82, 2.24) is 25.0 Å². The van der Waals surface area contributed by atoms with E-state index in [9.17, 15) is 4.79 Å². The number of nitrogens with zero attached hydrogens (tertiary/aromatic N) is 4. The minimum atomic E-state index is -0.147. The molecule has 1 aliphatic carbocycles. The van der Waals surface area contributed by atoms with E-state index in [0.29, 0.717) is 30.4 Å². The van der Waals surface area contributed by atoms with Crippen molar-refractivity contribution in [2.24, 2.45) is 7.05 Å². The summed E-state index contributed by atoms with van der Waals surface area (Å²) in [5.41, 5.74) is 0.534. The summed E-state index contributed by atoms with van der Waals surface area (Å²) < 4.78 is 6.83. The van der Waals surface area contributed by atoms with E-state index in [1.54, 1.807) is 17.9 Å². The predicted octanol–water partition coefficient (Wildman–Crippen LogP) is 0.653. The molecule has 0 radical (unpaired) electrons. The summed E-state index contributed by atoms with van der Waals surface area (Å²) in [4.78, 5) is 20.0. The SMILES string of the molecule is Cn1cncc1C(=O)NCCc1noc(C2CC2)n1. The van der Waals surface area contributed by atoms with Crippen LogP contribution in [0.4, 0.5) is 0 Å². The van der Waals surface area contributed by atoms with Crippen LogP contribution in [0.3, 0.4) is 0 Å². The molecule has 0 bridgehead atoms. The Morgan fingerprint density at radius 2 is 2.42 bits per heavy atom. The Bertz CT molecular complexity index is 584. The zero-order chi connectivity index (χ0) is 13.2. The molecule has 1 saturated carbocycles. The first-order valence-corrected chi connectivity index (χ1v) is 6.31. The molecule has 0 unspecified atom stereocenters. The topological polar surface area (TPSA) is 85.8 Å². The van der Waals surface area contributed by atoms with Crippen molar-refractivity contribution in [1.29, 1.82) is 0 Å². The zero-order valence-electron chi connectivity index (χ0n) is 10.7. The highest BCUT2D eigenvalue weighted by atomic mass is 16.5. The van der Waals surface area contributed by atoms with E-state index in [-0.39, 0.29) is 5.91 Å². The van der Waals surface area contributed by atoms with Gasteiger partial charge in [-0.15, -0.1) is 0 Å². The van der Waals surface area contributed by atoms with Crippen LogP contribution < -0.4 is 5.32 Å². The quantitative estimate of drug-likeness (QED) is 0.854. The van der Waals surface area contributed by atoms with E-state index in [0.717, 1.165) is 18.7 Å². The van der Waals surface area contributed by atoms with E-state index in [4.69, 9.17) is 4.52 Å². The van der Waals surface area contributed by atoms with Crippen LogP contribution in [-0.2, 0) is 13.5 Å². The summed E-state index contributed by atoms with van der Waals surface area (Å²) in [5, 5.41) is 6.71. The molecule has 2 aromatic heterocycles. The third-order valence-corrected chi connectivity index (χ3v) is 3.09. The molecule has 7 nitrogen and oxygen atoms in total. The third kappa shape index (κ3) is 2.64. The van der Waals surface area contributed by atoms with Gasteiger partial charge in [-0.3, -0.25) is 4.79 Å². The van der Waals surface area contributed by atoms with Gasteiger partial charge in [0.1, 0.15) is 5.69 Å². The first-order chi connectivity index (χ1) is 9.24. The smallest absolute Gasteiger partial charge is 0.269 e. The van der Waals surface area contributed by atoms with Gasteiger partial charge in [-0.05, 0) is 12.8 Å². The number of rotatable bonds is 5. The van der Waals surface area contributed by atoms with E-state index in [1.165, 1.54) is 6.20 Å². The molecule has 1 aliphatic rings. The number of imidazole rings is 1. The first-order valence-electron chi connectivity index (χ1n) is 6.31. The minimum absolute atomic E-state index is 0.147. The number of amides is 1. The Morgan fingerprint density at radius 1 is 1.58 bits per heavy atom. The van der Waals surface area contributed by atoms with Crippen LogP contribution in [0.1, 0.15) is 41.0 Å². The molecule has 2 heterocycles. The Morgan fingerprint density at radius 3 is 3.11 bits per heavy atom. The average Bonchev–Trinajstić information content (AvgIpc) is 2.99. The predicted molar refractivity (Wildman–Crippen MR) is 65.5 cm³/mol. The zero-order valence-corrected chi connectivity index (χ0v) is 10.7. The molecule has 0 aliphatic heterocycles. The van der Waals surface area contributed by atoms with Gasteiger partial charge in [-0.1, -0.05) is 5.16 Å². The van der Waals surface area contributed by atoms with Crippen LogP contribution in [-0.4, -0.2) is 32.1 Å².